The molecule has 3 aromatic rings. The minimum atomic E-state index is -1.52. The Balaban J connectivity index is 1.84. The van der Waals surface area contributed by atoms with E-state index in [1.165, 1.54) is 23.9 Å². The summed E-state index contributed by atoms with van der Waals surface area (Å²) in [5.41, 5.74) is 0.0334. The number of nitrogens with zero attached hydrogens (tertiary/aromatic N) is 5. The van der Waals surface area contributed by atoms with E-state index in [0.29, 0.717) is 47.4 Å². The Morgan fingerprint density at radius 1 is 1.32 bits per heavy atom. The van der Waals surface area contributed by atoms with E-state index in [-0.39, 0.29) is 23.1 Å². The maximum atomic E-state index is 15.2. The molecular weight excluding hydrogens is 511 g/mol. The highest BCUT2D eigenvalue weighted by atomic mass is 31.0. The van der Waals surface area contributed by atoms with Crippen LogP contribution >= 0.6 is 9.24 Å². The lowest BCUT2D eigenvalue weighted by Gasteiger charge is -2.44. The molecule has 0 aliphatic carbocycles. The van der Waals surface area contributed by atoms with Crippen LogP contribution in [0.2, 0.25) is 0 Å². The maximum Gasteiger partial charge on any atom is 0.258 e. The number of hydrogen-bond acceptors (Lipinski definition) is 6. The number of piperidine rings is 1. The van der Waals surface area contributed by atoms with Gasteiger partial charge in [-0.2, -0.15) is 0 Å². The van der Waals surface area contributed by atoms with Crippen LogP contribution in [0.3, 0.4) is 0 Å². The molecule has 3 heterocycles. The van der Waals surface area contributed by atoms with Crippen molar-refractivity contribution in [1.29, 1.82) is 0 Å². The molecule has 1 amide bonds. The molecule has 4 rings (SSSR count). The van der Waals surface area contributed by atoms with Crippen molar-refractivity contribution in [2.45, 2.75) is 57.2 Å². The second kappa shape index (κ2) is 10.7. The fraction of sp³-hybridized carbons (Fsp3) is 0.481. The zero-order chi connectivity index (χ0) is 27.9. The Bertz CT molecular complexity index is 1430. The molecule has 204 valence electrons. The van der Waals surface area contributed by atoms with Gasteiger partial charge in [-0.3, -0.25) is 14.2 Å². The van der Waals surface area contributed by atoms with Crippen molar-refractivity contribution >= 4 is 32.0 Å². The Labute approximate surface area is 223 Å². The monoisotopic (exact) mass is 545 g/mol. The van der Waals surface area contributed by atoms with Crippen LogP contribution < -0.4 is 10.5 Å². The lowest BCUT2D eigenvalue weighted by atomic mass is 9.81. The lowest BCUT2D eigenvalue weighted by Crippen LogP contribution is -2.52. The standard InChI is InChI=1S/C27H34F2N5O3P/c1-15-13-27(37-6,10-11-34(15)17(3)35)21-12-20-24(30-14-31-25(20)33(5)26(21)36)32(4)16(2)18-8-7-9-19(22(18)28)23(29)38/h7-9,12,14-16,23H,10-11,13,38H2,1-6H3/t15-,16-,23?,27-/m1/s1. The van der Waals surface area contributed by atoms with E-state index in [2.05, 4.69) is 9.97 Å². The van der Waals surface area contributed by atoms with E-state index >= 15 is 4.39 Å². The number of aromatic nitrogens is 3. The molecule has 5 atom stereocenters. The summed E-state index contributed by atoms with van der Waals surface area (Å²) < 4.78 is 36.7. The molecule has 38 heavy (non-hydrogen) atoms. The minimum absolute atomic E-state index is 0.0167. The first kappa shape index (κ1) is 28.0. The number of pyridine rings is 1. The molecule has 11 heteroatoms. The average molecular weight is 546 g/mol. The van der Waals surface area contributed by atoms with Gasteiger partial charge in [0, 0.05) is 58.3 Å². The molecule has 0 spiro atoms. The zero-order valence-corrected chi connectivity index (χ0v) is 23.7. The van der Waals surface area contributed by atoms with Crippen molar-refractivity contribution in [2.75, 3.05) is 25.6 Å². The molecular formula is C27H34F2N5O3P. The number of alkyl halides is 1. The molecule has 1 fully saturated rings. The molecule has 2 aromatic heterocycles. The van der Waals surface area contributed by atoms with Crippen LogP contribution in [0, 0.1) is 5.82 Å². The topological polar surface area (TPSA) is 80.6 Å². The van der Waals surface area contributed by atoms with Crippen LogP contribution in [-0.2, 0) is 22.2 Å². The highest BCUT2D eigenvalue weighted by Crippen LogP contribution is 2.40. The number of amides is 1. The summed E-state index contributed by atoms with van der Waals surface area (Å²) in [5, 5.41) is 0.600. The highest BCUT2D eigenvalue weighted by Gasteiger charge is 2.43. The fourth-order valence-electron chi connectivity index (χ4n) is 5.58. The summed E-state index contributed by atoms with van der Waals surface area (Å²) in [4.78, 5) is 38.1. The third-order valence-electron chi connectivity index (χ3n) is 7.90. The Hall–Kier alpha value is -2.97. The second-order valence-electron chi connectivity index (χ2n) is 10.0. The van der Waals surface area contributed by atoms with Crippen LogP contribution in [0.1, 0.15) is 62.3 Å². The molecule has 1 aliphatic rings. The third kappa shape index (κ3) is 4.69. The van der Waals surface area contributed by atoms with Gasteiger partial charge in [0.1, 0.15) is 35.1 Å². The van der Waals surface area contributed by atoms with Gasteiger partial charge in [0.05, 0.1) is 17.0 Å². The molecule has 0 bridgehead atoms. The van der Waals surface area contributed by atoms with Crippen LogP contribution in [0.15, 0.2) is 35.4 Å². The first-order valence-electron chi connectivity index (χ1n) is 12.5. The van der Waals surface area contributed by atoms with E-state index in [0.717, 1.165) is 0 Å². The number of carbonyl (C=O) groups excluding carboxylic acids is 1. The number of carbonyl (C=O) groups is 1. The first-order chi connectivity index (χ1) is 17.9. The molecule has 2 unspecified atom stereocenters. The summed E-state index contributed by atoms with van der Waals surface area (Å²) in [5.74, 6) is -1.65. The van der Waals surface area contributed by atoms with Crippen LogP contribution in [0.25, 0.3) is 11.0 Å². The van der Waals surface area contributed by atoms with Gasteiger partial charge in [-0.1, -0.05) is 27.4 Å². The number of aryl methyl sites for hydroxylation is 1. The molecule has 1 saturated heterocycles. The van der Waals surface area contributed by atoms with E-state index in [1.807, 2.05) is 23.1 Å². The van der Waals surface area contributed by atoms with Gasteiger partial charge in [0.25, 0.3) is 5.56 Å². The average Bonchev–Trinajstić information content (AvgIpc) is 2.89. The summed E-state index contributed by atoms with van der Waals surface area (Å²) in [6.07, 6.45) is 2.28. The van der Waals surface area contributed by atoms with Gasteiger partial charge in [0.15, 0.2) is 0 Å². The van der Waals surface area contributed by atoms with E-state index < -0.39 is 23.4 Å². The van der Waals surface area contributed by atoms with E-state index in [1.54, 1.807) is 49.2 Å². The van der Waals surface area contributed by atoms with Crippen molar-refractivity contribution < 1.29 is 18.3 Å². The number of likely N-dealkylation sites (tertiary alicyclic amines) is 1. The summed E-state index contributed by atoms with van der Waals surface area (Å²) in [6, 6.07) is 5.82. The number of halogens is 2. The molecule has 0 N–H and O–H groups in total. The molecule has 0 radical (unpaired) electrons. The Kier molecular flexibility index (Phi) is 7.86. The largest absolute Gasteiger partial charge is 0.373 e. The normalized spacial score (nSPS) is 21.4. The van der Waals surface area contributed by atoms with Crippen molar-refractivity contribution in [2.24, 2.45) is 7.05 Å². The smallest absolute Gasteiger partial charge is 0.258 e. The van der Waals surface area contributed by atoms with Gasteiger partial charge in [-0.15, -0.1) is 0 Å². The fourth-order valence-corrected chi connectivity index (χ4v) is 5.84. The van der Waals surface area contributed by atoms with E-state index in [9.17, 15) is 14.0 Å². The Morgan fingerprint density at radius 2 is 2.00 bits per heavy atom. The summed E-state index contributed by atoms with van der Waals surface area (Å²) >= 11 is 0. The maximum absolute atomic E-state index is 15.2. The van der Waals surface area contributed by atoms with Gasteiger partial charge >= 0.3 is 0 Å². The summed E-state index contributed by atoms with van der Waals surface area (Å²) in [6.45, 7) is 5.76. The number of methoxy groups -OCH3 is 1. The van der Waals surface area contributed by atoms with Gasteiger partial charge < -0.3 is 14.5 Å². The highest BCUT2D eigenvalue weighted by molar-refractivity contribution is 7.16. The first-order valence-corrected chi connectivity index (χ1v) is 13.2. The number of benzene rings is 1. The summed E-state index contributed by atoms with van der Waals surface area (Å²) in [7, 11) is 6.98. The Morgan fingerprint density at radius 3 is 2.61 bits per heavy atom. The third-order valence-corrected chi connectivity index (χ3v) is 8.26. The predicted octanol–water partition coefficient (Wildman–Crippen LogP) is 4.38. The number of ether oxygens (including phenoxy) is 1. The number of rotatable bonds is 6. The molecule has 0 saturated carbocycles. The number of hydrogen-bond donors (Lipinski definition) is 0. The quantitative estimate of drug-likeness (QED) is 0.428. The molecule has 8 nitrogen and oxygen atoms in total. The van der Waals surface area contributed by atoms with E-state index in [4.69, 9.17) is 4.74 Å². The van der Waals surface area contributed by atoms with Crippen molar-refractivity contribution in [1.82, 2.24) is 19.4 Å². The molecule has 1 aliphatic heterocycles. The van der Waals surface area contributed by atoms with Crippen molar-refractivity contribution in [3.05, 3.63) is 63.5 Å². The number of anilines is 1. The van der Waals surface area contributed by atoms with Gasteiger partial charge in [-0.05, 0) is 26.3 Å². The van der Waals surface area contributed by atoms with Crippen LogP contribution in [-0.4, -0.2) is 52.1 Å². The number of fused-ring (bicyclic) bond motifs is 1. The second-order valence-corrected chi connectivity index (χ2v) is 10.6. The SMILES string of the molecule is CO[C@]1(c2cc3c(N(C)[C@H](C)c4cccc(C(F)P)c4F)ncnc3n(C)c2=O)CCN(C(C)=O)[C@H](C)C1. The van der Waals surface area contributed by atoms with Crippen LogP contribution in [0.4, 0.5) is 14.6 Å². The predicted molar refractivity (Wildman–Crippen MR) is 146 cm³/mol. The molecule has 1 aromatic carbocycles. The van der Waals surface area contributed by atoms with Crippen LogP contribution in [0.5, 0.6) is 0 Å². The van der Waals surface area contributed by atoms with Gasteiger partial charge in [0.2, 0.25) is 5.91 Å². The van der Waals surface area contributed by atoms with Gasteiger partial charge in [-0.25, -0.2) is 18.7 Å². The zero-order valence-electron chi connectivity index (χ0n) is 22.5. The lowest BCUT2D eigenvalue weighted by molar-refractivity contribution is -0.140. The van der Waals surface area contributed by atoms with Crippen molar-refractivity contribution in [3.63, 3.8) is 0 Å². The van der Waals surface area contributed by atoms with Crippen molar-refractivity contribution in [3.8, 4) is 0 Å². The minimum Gasteiger partial charge on any atom is -0.373 e.